The molecule has 1 aliphatic carbocycles. The normalized spacial score (nSPS) is 22.0. The highest BCUT2D eigenvalue weighted by Crippen LogP contribution is 2.65. The molecule has 22 heavy (non-hydrogen) atoms. The maximum atomic E-state index is 12.1. The van der Waals surface area contributed by atoms with Crippen LogP contribution in [0.3, 0.4) is 0 Å². The Bertz CT molecular complexity index is 561. The van der Waals surface area contributed by atoms with Gasteiger partial charge >= 0.3 is 11.9 Å². The number of hydrogen-bond donors (Lipinski definition) is 1. The van der Waals surface area contributed by atoms with Crippen molar-refractivity contribution in [3.8, 4) is 5.75 Å². The van der Waals surface area contributed by atoms with Crippen molar-refractivity contribution in [3.05, 3.63) is 29.8 Å². The van der Waals surface area contributed by atoms with Gasteiger partial charge in [0, 0.05) is 0 Å². The molecule has 5 heteroatoms. The van der Waals surface area contributed by atoms with Crippen LogP contribution in [0.4, 0.5) is 0 Å². The number of hydrogen-bond acceptors (Lipinski definition) is 5. The Kier molecular flexibility index (Phi) is 4.44. The summed E-state index contributed by atoms with van der Waals surface area (Å²) in [6.45, 7) is 6.18. The Morgan fingerprint density at radius 3 is 2.18 bits per heavy atom. The Balaban J connectivity index is 1.75. The summed E-state index contributed by atoms with van der Waals surface area (Å²) in [5.74, 6) is -0.629. The Hall–Kier alpha value is -2.04. The van der Waals surface area contributed by atoms with E-state index in [0.29, 0.717) is 5.56 Å². The van der Waals surface area contributed by atoms with Crippen LogP contribution >= 0.6 is 0 Å². The zero-order valence-corrected chi connectivity index (χ0v) is 13.2. The fourth-order valence-electron chi connectivity index (χ4n) is 2.89. The number of ether oxygens (including phenoxy) is 2. The predicted molar refractivity (Wildman–Crippen MR) is 80.5 cm³/mol. The number of aromatic hydroxyl groups is 1. The highest BCUT2D eigenvalue weighted by Gasteiger charge is 2.65. The lowest BCUT2D eigenvalue weighted by Gasteiger charge is -2.17. The molecule has 1 N–H and O–H groups in total. The number of rotatable bonds is 6. The van der Waals surface area contributed by atoms with Gasteiger partial charge in [-0.15, -0.1) is 0 Å². The van der Waals surface area contributed by atoms with Crippen molar-refractivity contribution in [1.82, 2.24) is 0 Å². The summed E-state index contributed by atoms with van der Waals surface area (Å²) in [7, 11) is 0. The number of phenols is 1. The molecule has 0 heterocycles. The van der Waals surface area contributed by atoms with Gasteiger partial charge in [0.25, 0.3) is 0 Å². The molecule has 1 atom stereocenters. The van der Waals surface area contributed by atoms with Crippen molar-refractivity contribution < 1.29 is 24.2 Å². The van der Waals surface area contributed by atoms with Crippen molar-refractivity contribution in [3.63, 3.8) is 0 Å². The first-order valence-corrected chi connectivity index (χ1v) is 7.46. The van der Waals surface area contributed by atoms with Crippen LogP contribution in [0, 0.1) is 10.8 Å². The topological polar surface area (TPSA) is 72.8 Å². The summed E-state index contributed by atoms with van der Waals surface area (Å²) in [5.41, 5.74) is -0.0484. The van der Waals surface area contributed by atoms with E-state index in [1.807, 2.05) is 6.92 Å². The van der Waals surface area contributed by atoms with Gasteiger partial charge in [0.1, 0.15) is 19.0 Å². The molecule has 1 aliphatic rings. The van der Waals surface area contributed by atoms with Crippen LogP contribution < -0.4 is 0 Å². The first kappa shape index (κ1) is 16.3. The van der Waals surface area contributed by atoms with Gasteiger partial charge in [-0.25, -0.2) is 4.79 Å². The van der Waals surface area contributed by atoms with E-state index in [4.69, 9.17) is 14.6 Å². The second-order valence-corrected chi connectivity index (χ2v) is 6.32. The van der Waals surface area contributed by atoms with E-state index in [1.165, 1.54) is 24.3 Å². The van der Waals surface area contributed by atoms with Gasteiger partial charge in [-0.3, -0.25) is 4.79 Å². The summed E-state index contributed by atoms with van der Waals surface area (Å²) >= 11 is 0. The Morgan fingerprint density at radius 1 is 1.14 bits per heavy atom. The van der Waals surface area contributed by atoms with Gasteiger partial charge in [0.15, 0.2) is 0 Å². The summed E-state index contributed by atoms with van der Waals surface area (Å²) < 4.78 is 10.3. The maximum Gasteiger partial charge on any atom is 0.338 e. The fourth-order valence-corrected chi connectivity index (χ4v) is 2.89. The van der Waals surface area contributed by atoms with E-state index in [2.05, 4.69) is 13.8 Å². The molecule has 0 saturated heterocycles. The average molecular weight is 306 g/mol. The number of carbonyl (C=O) groups excluding carboxylic acids is 2. The molecular weight excluding hydrogens is 284 g/mol. The lowest BCUT2D eigenvalue weighted by Crippen LogP contribution is -2.25. The van der Waals surface area contributed by atoms with E-state index in [9.17, 15) is 9.59 Å². The van der Waals surface area contributed by atoms with Crippen LogP contribution in [0.5, 0.6) is 5.75 Å². The third-order valence-corrected chi connectivity index (χ3v) is 4.56. The largest absolute Gasteiger partial charge is 0.508 e. The first-order chi connectivity index (χ1) is 10.3. The lowest BCUT2D eigenvalue weighted by atomic mass is 9.93. The third-order valence-electron chi connectivity index (χ3n) is 4.56. The molecule has 0 radical (unpaired) electrons. The summed E-state index contributed by atoms with van der Waals surface area (Å²) in [5, 5.41) is 9.15. The van der Waals surface area contributed by atoms with E-state index < -0.39 is 5.97 Å². The van der Waals surface area contributed by atoms with Crippen molar-refractivity contribution >= 4 is 11.9 Å². The van der Waals surface area contributed by atoms with E-state index in [-0.39, 0.29) is 35.8 Å². The van der Waals surface area contributed by atoms with Gasteiger partial charge in [-0.1, -0.05) is 20.8 Å². The molecule has 0 bridgehead atoms. The first-order valence-electron chi connectivity index (χ1n) is 7.46. The lowest BCUT2D eigenvalue weighted by molar-refractivity contribution is -0.153. The van der Waals surface area contributed by atoms with Gasteiger partial charge in [0.05, 0.1) is 11.0 Å². The molecule has 2 rings (SSSR count). The van der Waals surface area contributed by atoms with Crippen LogP contribution in [0.2, 0.25) is 0 Å². The van der Waals surface area contributed by atoms with Gasteiger partial charge in [-0.2, -0.15) is 0 Å². The minimum atomic E-state index is -0.506. The fraction of sp³-hybridized carbons (Fsp3) is 0.529. The number of carbonyl (C=O) groups is 2. The highest BCUT2D eigenvalue weighted by molar-refractivity contribution is 5.89. The van der Waals surface area contributed by atoms with Crippen molar-refractivity contribution in [2.75, 3.05) is 13.2 Å². The predicted octanol–water partition coefficient (Wildman–Crippen LogP) is 2.92. The zero-order chi connectivity index (χ0) is 16.4. The molecule has 0 aliphatic heterocycles. The van der Waals surface area contributed by atoms with Crippen LogP contribution in [0.1, 0.15) is 44.0 Å². The average Bonchev–Trinajstić information content (AvgIpc) is 3.07. The molecule has 1 fully saturated rings. The zero-order valence-electron chi connectivity index (χ0n) is 13.2. The van der Waals surface area contributed by atoms with Gasteiger partial charge in [-0.05, 0) is 42.5 Å². The minimum Gasteiger partial charge on any atom is -0.508 e. The second kappa shape index (κ2) is 5.99. The molecule has 5 nitrogen and oxygen atoms in total. The van der Waals surface area contributed by atoms with Crippen LogP contribution in [-0.2, 0) is 14.3 Å². The van der Waals surface area contributed by atoms with E-state index in [0.717, 1.165) is 12.8 Å². The molecule has 0 aromatic heterocycles. The number of benzene rings is 1. The quantitative estimate of drug-likeness (QED) is 0.646. The van der Waals surface area contributed by atoms with Crippen LogP contribution in [0.25, 0.3) is 0 Å². The number of esters is 2. The third kappa shape index (κ3) is 3.08. The van der Waals surface area contributed by atoms with E-state index in [1.54, 1.807) is 0 Å². The minimum absolute atomic E-state index is 0.0124. The maximum absolute atomic E-state index is 12.1. The smallest absolute Gasteiger partial charge is 0.338 e. The summed E-state index contributed by atoms with van der Waals surface area (Å²) in [6.07, 6.45) is 1.59. The highest BCUT2D eigenvalue weighted by atomic mass is 16.6. The molecular formula is C17H22O5. The van der Waals surface area contributed by atoms with Crippen molar-refractivity contribution in [1.29, 1.82) is 0 Å². The Labute approximate surface area is 130 Å². The van der Waals surface area contributed by atoms with E-state index >= 15 is 0 Å². The van der Waals surface area contributed by atoms with Crippen LogP contribution in [-0.4, -0.2) is 30.3 Å². The Morgan fingerprint density at radius 2 is 1.68 bits per heavy atom. The molecule has 1 unspecified atom stereocenters. The molecule has 120 valence electrons. The molecule has 0 spiro atoms. The monoisotopic (exact) mass is 306 g/mol. The van der Waals surface area contributed by atoms with Gasteiger partial charge in [0.2, 0.25) is 0 Å². The van der Waals surface area contributed by atoms with Crippen molar-refractivity contribution in [2.45, 2.75) is 33.6 Å². The van der Waals surface area contributed by atoms with Crippen LogP contribution in [0.15, 0.2) is 24.3 Å². The molecule has 1 aromatic carbocycles. The molecule has 1 aromatic rings. The molecule has 0 amide bonds. The second-order valence-electron chi connectivity index (χ2n) is 6.32. The molecule has 1 saturated carbocycles. The van der Waals surface area contributed by atoms with Crippen molar-refractivity contribution in [2.24, 2.45) is 10.8 Å². The summed E-state index contributed by atoms with van der Waals surface area (Å²) in [4.78, 5) is 23.9. The SMILES string of the molecule is CCC1(C(=O)OCCOC(=O)c2ccc(O)cc2)CC1(C)C. The number of phenolic OH excluding ortho intramolecular Hbond substituents is 1. The van der Waals surface area contributed by atoms with Gasteiger partial charge < -0.3 is 14.6 Å². The standard InChI is InChI=1S/C17H22O5/c1-4-17(11-16(17,2)3)15(20)22-10-9-21-14(19)12-5-7-13(18)8-6-12/h5-8,18H,4,9-11H2,1-3H3. The summed E-state index contributed by atoms with van der Waals surface area (Å²) in [6, 6.07) is 5.78.